The van der Waals surface area contributed by atoms with Crippen molar-refractivity contribution in [1.29, 1.82) is 0 Å². The van der Waals surface area contributed by atoms with Crippen molar-refractivity contribution in [3.05, 3.63) is 96.4 Å². The van der Waals surface area contributed by atoms with Gasteiger partial charge >= 0.3 is 5.97 Å². The molecule has 1 amide bonds. The van der Waals surface area contributed by atoms with E-state index in [2.05, 4.69) is 10.4 Å². The Kier molecular flexibility index (Phi) is 6.98. The summed E-state index contributed by atoms with van der Waals surface area (Å²) in [4.78, 5) is 24.7. The standard InChI is InChI=1S/C26H22FN3O4/c1-2-33-26(32)23-16-24(30(29-23)21-13-11-19(27)12-14-21)18-7-6-8-20(15-18)28-25(31)17-34-22-9-4-3-5-10-22/h3-16H,2,17H2,1H3,(H,28,31). The third-order valence-electron chi connectivity index (χ3n) is 4.82. The van der Waals surface area contributed by atoms with Crippen molar-refractivity contribution in [3.63, 3.8) is 0 Å². The summed E-state index contributed by atoms with van der Waals surface area (Å²) in [6.45, 7) is 1.78. The highest BCUT2D eigenvalue weighted by Crippen LogP contribution is 2.27. The predicted molar refractivity (Wildman–Crippen MR) is 125 cm³/mol. The molecule has 0 saturated heterocycles. The summed E-state index contributed by atoms with van der Waals surface area (Å²) >= 11 is 0. The van der Waals surface area contributed by atoms with E-state index in [1.54, 1.807) is 55.5 Å². The van der Waals surface area contributed by atoms with E-state index in [4.69, 9.17) is 9.47 Å². The van der Waals surface area contributed by atoms with Gasteiger partial charge in [-0.05, 0) is 61.5 Å². The fourth-order valence-corrected chi connectivity index (χ4v) is 3.29. The van der Waals surface area contributed by atoms with Crippen LogP contribution in [0.2, 0.25) is 0 Å². The number of halogens is 1. The Morgan fingerprint density at radius 2 is 1.74 bits per heavy atom. The number of amides is 1. The highest BCUT2D eigenvalue weighted by Gasteiger charge is 2.18. The van der Waals surface area contributed by atoms with Crippen LogP contribution >= 0.6 is 0 Å². The average molecular weight is 459 g/mol. The summed E-state index contributed by atoms with van der Waals surface area (Å²) in [6, 6.07) is 23.5. The van der Waals surface area contributed by atoms with Crippen molar-refractivity contribution in [1.82, 2.24) is 9.78 Å². The molecule has 3 aromatic carbocycles. The zero-order valence-electron chi connectivity index (χ0n) is 18.4. The van der Waals surface area contributed by atoms with Gasteiger partial charge in [-0.15, -0.1) is 0 Å². The maximum Gasteiger partial charge on any atom is 0.358 e. The van der Waals surface area contributed by atoms with Gasteiger partial charge in [0.05, 0.1) is 18.0 Å². The third-order valence-corrected chi connectivity index (χ3v) is 4.82. The Balaban J connectivity index is 1.59. The molecule has 4 aromatic rings. The molecule has 4 rings (SSSR count). The van der Waals surface area contributed by atoms with Crippen LogP contribution in [0.25, 0.3) is 16.9 Å². The molecule has 0 aliphatic heterocycles. The second-order valence-electron chi connectivity index (χ2n) is 7.25. The molecule has 0 bridgehead atoms. The molecule has 0 spiro atoms. The van der Waals surface area contributed by atoms with Crippen LogP contribution in [0, 0.1) is 5.82 Å². The SMILES string of the molecule is CCOC(=O)c1cc(-c2cccc(NC(=O)COc3ccccc3)c2)n(-c2ccc(F)cc2)n1. The molecule has 0 aliphatic rings. The van der Waals surface area contributed by atoms with E-state index in [0.717, 1.165) is 0 Å². The minimum absolute atomic E-state index is 0.117. The second-order valence-corrected chi connectivity index (χ2v) is 7.25. The Morgan fingerprint density at radius 1 is 0.971 bits per heavy atom. The number of esters is 1. The maximum absolute atomic E-state index is 13.5. The van der Waals surface area contributed by atoms with E-state index in [0.29, 0.717) is 28.4 Å². The number of para-hydroxylation sites is 1. The number of carbonyl (C=O) groups is 2. The molecule has 0 fully saturated rings. The number of aromatic nitrogens is 2. The molecular formula is C26H22FN3O4. The molecule has 172 valence electrons. The number of nitrogens with one attached hydrogen (secondary N) is 1. The van der Waals surface area contributed by atoms with Crippen LogP contribution in [-0.4, -0.2) is 34.9 Å². The van der Waals surface area contributed by atoms with Gasteiger partial charge in [-0.2, -0.15) is 5.10 Å². The summed E-state index contributed by atoms with van der Waals surface area (Å²) < 4.78 is 25.6. The van der Waals surface area contributed by atoms with Crippen LogP contribution in [-0.2, 0) is 9.53 Å². The molecule has 34 heavy (non-hydrogen) atoms. The van der Waals surface area contributed by atoms with Gasteiger partial charge in [0, 0.05) is 11.3 Å². The fraction of sp³-hybridized carbons (Fsp3) is 0.115. The summed E-state index contributed by atoms with van der Waals surface area (Å²) in [6.07, 6.45) is 0. The number of benzene rings is 3. The van der Waals surface area contributed by atoms with Gasteiger partial charge in [0.15, 0.2) is 12.3 Å². The number of anilines is 1. The third kappa shape index (κ3) is 5.47. The lowest BCUT2D eigenvalue weighted by atomic mass is 10.1. The monoisotopic (exact) mass is 459 g/mol. The molecule has 0 radical (unpaired) electrons. The van der Waals surface area contributed by atoms with Gasteiger partial charge in [0.25, 0.3) is 5.91 Å². The lowest BCUT2D eigenvalue weighted by Crippen LogP contribution is -2.20. The minimum atomic E-state index is -0.563. The van der Waals surface area contributed by atoms with Crippen molar-refractivity contribution < 1.29 is 23.5 Å². The fourth-order valence-electron chi connectivity index (χ4n) is 3.29. The Labute approximate surface area is 195 Å². The Hall–Kier alpha value is -4.46. The molecule has 7 nitrogen and oxygen atoms in total. The van der Waals surface area contributed by atoms with Crippen molar-refractivity contribution in [2.45, 2.75) is 6.92 Å². The Morgan fingerprint density at radius 3 is 2.47 bits per heavy atom. The van der Waals surface area contributed by atoms with Crippen LogP contribution in [0.5, 0.6) is 5.75 Å². The van der Waals surface area contributed by atoms with Gasteiger partial charge in [-0.3, -0.25) is 4.79 Å². The van der Waals surface area contributed by atoms with E-state index >= 15 is 0 Å². The number of rotatable bonds is 8. The first-order valence-corrected chi connectivity index (χ1v) is 10.6. The highest BCUT2D eigenvalue weighted by atomic mass is 19.1. The largest absolute Gasteiger partial charge is 0.484 e. The molecule has 1 N–H and O–H groups in total. The lowest BCUT2D eigenvalue weighted by molar-refractivity contribution is -0.118. The molecule has 8 heteroatoms. The number of hydrogen-bond donors (Lipinski definition) is 1. The summed E-state index contributed by atoms with van der Waals surface area (Å²) in [7, 11) is 0. The minimum Gasteiger partial charge on any atom is -0.484 e. The average Bonchev–Trinajstić information content (AvgIpc) is 3.30. The number of carbonyl (C=O) groups excluding carboxylic acids is 2. The van der Waals surface area contributed by atoms with E-state index < -0.39 is 5.97 Å². The molecule has 1 aromatic heterocycles. The van der Waals surface area contributed by atoms with Crippen molar-refractivity contribution in [2.75, 3.05) is 18.5 Å². The highest BCUT2D eigenvalue weighted by molar-refractivity contribution is 5.93. The van der Waals surface area contributed by atoms with Gasteiger partial charge < -0.3 is 14.8 Å². The first kappa shape index (κ1) is 22.7. The predicted octanol–water partition coefficient (Wildman–Crippen LogP) is 4.87. The molecular weight excluding hydrogens is 437 g/mol. The zero-order chi connectivity index (χ0) is 23.9. The summed E-state index contributed by atoms with van der Waals surface area (Å²) in [5.41, 5.74) is 2.49. The van der Waals surface area contributed by atoms with E-state index in [-0.39, 0.29) is 30.6 Å². The first-order valence-electron chi connectivity index (χ1n) is 10.6. The molecule has 0 atom stereocenters. The van der Waals surface area contributed by atoms with E-state index in [1.165, 1.54) is 16.8 Å². The summed E-state index contributed by atoms with van der Waals surface area (Å²) in [5.74, 6) is -0.668. The van der Waals surface area contributed by atoms with E-state index in [1.807, 2.05) is 24.3 Å². The van der Waals surface area contributed by atoms with Crippen molar-refractivity contribution in [3.8, 4) is 22.7 Å². The van der Waals surface area contributed by atoms with Crippen LogP contribution in [0.15, 0.2) is 84.9 Å². The van der Waals surface area contributed by atoms with E-state index in [9.17, 15) is 14.0 Å². The van der Waals surface area contributed by atoms with Crippen molar-refractivity contribution >= 4 is 17.6 Å². The molecule has 0 unspecified atom stereocenters. The van der Waals surface area contributed by atoms with Gasteiger partial charge in [-0.25, -0.2) is 13.9 Å². The molecule has 0 aliphatic carbocycles. The van der Waals surface area contributed by atoms with Crippen LogP contribution in [0.4, 0.5) is 10.1 Å². The van der Waals surface area contributed by atoms with Crippen LogP contribution in [0.1, 0.15) is 17.4 Å². The maximum atomic E-state index is 13.5. The quantitative estimate of drug-likeness (QED) is 0.380. The zero-order valence-corrected chi connectivity index (χ0v) is 18.4. The smallest absolute Gasteiger partial charge is 0.358 e. The Bertz CT molecular complexity index is 1290. The number of ether oxygens (including phenoxy) is 2. The van der Waals surface area contributed by atoms with Gasteiger partial charge in [-0.1, -0.05) is 30.3 Å². The topological polar surface area (TPSA) is 82.5 Å². The summed E-state index contributed by atoms with van der Waals surface area (Å²) in [5, 5.41) is 7.18. The van der Waals surface area contributed by atoms with Gasteiger partial charge in [0.1, 0.15) is 11.6 Å². The van der Waals surface area contributed by atoms with Gasteiger partial charge in [0.2, 0.25) is 0 Å². The molecule has 1 heterocycles. The van der Waals surface area contributed by atoms with Crippen molar-refractivity contribution in [2.24, 2.45) is 0 Å². The second kappa shape index (κ2) is 10.4. The van der Waals surface area contributed by atoms with Crippen LogP contribution in [0.3, 0.4) is 0 Å². The normalized spacial score (nSPS) is 10.5. The first-order chi connectivity index (χ1) is 16.5. The number of nitrogens with zero attached hydrogens (tertiary/aromatic N) is 2. The van der Waals surface area contributed by atoms with Crippen LogP contribution < -0.4 is 10.1 Å². The molecule has 0 saturated carbocycles. The number of hydrogen-bond acceptors (Lipinski definition) is 5. The lowest BCUT2D eigenvalue weighted by Gasteiger charge is -2.10.